The number of nitrogens with zero attached hydrogens (tertiary/aromatic N) is 1. The van der Waals surface area contributed by atoms with E-state index in [1.54, 1.807) is 4.90 Å². The van der Waals surface area contributed by atoms with Gasteiger partial charge in [-0.15, -0.1) is 0 Å². The Kier molecular flexibility index (Phi) is 4.94. The van der Waals surface area contributed by atoms with Crippen LogP contribution in [0.2, 0.25) is 0 Å². The van der Waals surface area contributed by atoms with Gasteiger partial charge >= 0.3 is 6.09 Å². The maximum Gasteiger partial charge on any atom is 0.410 e. The third kappa shape index (κ3) is 5.50. The van der Waals surface area contributed by atoms with Crippen molar-refractivity contribution in [2.75, 3.05) is 18.8 Å². The fraction of sp³-hybridized carbons (Fsp3) is 0.909. The molecular formula is C11H22N2O3S. The third-order valence-electron chi connectivity index (χ3n) is 2.57. The number of ether oxygens (including phenoxy) is 1. The van der Waals surface area contributed by atoms with Crippen LogP contribution in [0, 0.1) is 5.92 Å². The van der Waals surface area contributed by atoms with E-state index in [1.807, 2.05) is 20.8 Å². The second kappa shape index (κ2) is 5.82. The third-order valence-corrected chi connectivity index (χ3v) is 3.37. The molecule has 2 unspecified atom stereocenters. The van der Waals surface area contributed by atoms with Crippen LogP contribution in [0.3, 0.4) is 0 Å². The predicted molar refractivity (Wildman–Crippen MR) is 67.7 cm³/mol. The summed E-state index contributed by atoms with van der Waals surface area (Å²) in [7, 11) is -1.29. The summed E-state index contributed by atoms with van der Waals surface area (Å²) in [5, 5.41) is 5.28. The fourth-order valence-corrected chi connectivity index (χ4v) is 2.66. The fourth-order valence-electron chi connectivity index (χ4n) is 1.93. The Morgan fingerprint density at radius 2 is 2.18 bits per heavy atom. The van der Waals surface area contributed by atoms with Gasteiger partial charge in [0.2, 0.25) is 0 Å². The molecule has 1 amide bonds. The summed E-state index contributed by atoms with van der Waals surface area (Å²) in [6.45, 7) is 6.85. The smallest absolute Gasteiger partial charge is 0.410 e. The van der Waals surface area contributed by atoms with Gasteiger partial charge in [0, 0.05) is 18.8 Å². The zero-order chi connectivity index (χ0) is 13.1. The molecular weight excluding hydrogens is 240 g/mol. The molecule has 6 heteroatoms. The predicted octanol–water partition coefficient (Wildman–Crippen LogP) is 1.26. The van der Waals surface area contributed by atoms with E-state index in [4.69, 9.17) is 9.88 Å². The summed E-state index contributed by atoms with van der Waals surface area (Å²) in [6, 6.07) is 0. The highest BCUT2D eigenvalue weighted by molar-refractivity contribution is 7.82. The van der Waals surface area contributed by atoms with E-state index < -0.39 is 16.6 Å². The maximum atomic E-state index is 11.8. The lowest BCUT2D eigenvalue weighted by molar-refractivity contribution is 0.0176. The van der Waals surface area contributed by atoms with E-state index in [0.29, 0.717) is 18.8 Å². The van der Waals surface area contributed by atoms with E-state index in [0.717, 1.165) is 12.8 Å². The van der Waals surface area contributed by atoms with Crippen molar-refractivity contribution in [1.82, 2.24) is 4.90 Å². The number of likely N-dealkylation sites (tertiary alicyclic amines) is 1. The first kappa shape index (κ1) is 14.4. The summed E-state index contributed by atoms with van der Waals surface area (Å²) in [6.07, 6.45) is 1.61. The van der Waals surface area contributed by atoms with Crippen molar-refractivity contribution in [3.05, 3.63) is 0 Å². The molecule has 1 fully saturated rings. The molecule has 1 heterocycles. The number of carbonyl (C=O) groups excluding carboxylic acids is 1. The Hall–Kier alpha value is -0.620. The molecule has 1 aliphatic heterocycles. The van der Waals surface area contributed by atoms with Gasteiger partial charge in [-0.25, -0.2) is 9.00 Å². The Morgan fingerprint density at radius 1 is 1.53 bits per heavy atom. The summed E-state index contributed by atoms with van der Waals surface area (Å²) in [5.74, 6) is 0.682. The second-order valence-corrected chi connectivity index (χ2v) is 6.58. The molecule has 5 nitrogen and oxygen atoms in total. The zero-order valence-electron chi connectivity index (χ0n) is 10.8. The molecule has 1 aliphatic rings. The van der Waals surface area contributed by atoms with Crippen LogP contribution in [0.1, 0.15) is 33.6 Å². The Labute approximate surface area is 105 Å². The SMILES string of the molecule is CC(C)(C)OC(=O)N1CCCC(CS(N)=O)C1. The van der Waals surface area contributed by atoms with Gasteiger partial charge in [-0.3, -0.25) is 5.14 Å². The second-order valence-electron chi connectivity index (χ2n) is 5.48. The monoisotopic (exact) mass is 262 g/mol. The largest absolute Gasteiger partial charge is 0.444 e. The van der Waals surface area contributed by atoms with Crippen LogP contribution < -0.4 is 5.14 Å². The minimum absolute atomic E-state index is 0.224. The van der Waals surface area contributed by atoms with Gasteiger partial charge in [0.15, 0.2) is 0 Å². The minimum atomic E-state index is -1.29. The van der Waals surface area contributed by atoms with Crippen molar-refractivity contribution < 1.29 is 13.7 Å². The van der Waals surface area contributed by atoms with E-state index >= 15 is 0 Å². The van der Waals surface area contributed by atoms with Gasteiger partial charge in [0.1, 0.15) is 5.60 Å². The number of hydrogen-bond acceptors (Lipinski definition) is 3. The van der Waals surface area contributed by atoms with Gasteiger partial charge in [0.25, 0.3) is 0 Å². The molecule has 1 rings (SSSR count). The first-order chi connectivity index (χ1) is 7.78. The number of hydrogen-bond donors (Lipinski definition) is 1. The van der Waals surface area contributed by atoms with Crippen molar-refractivity contribution >= 4 is 17.1 Å². The lowest BCUT2D eigenvalue weighted by Gasteiger charge is -2.33. The Morgan fingerprint density at radius 3 is 2.71 bits per heavy atom. The summed E-state index contributed by atoms with van der Waals surface area (Å²) in [5.41, 5.74) is -0.472. The number of amides is 1. The number of carbonyl (C=O) groups is 1. The van der Waals surface area contributed by atoms with Crippen LogP contribution in [-0.4, -0.2) is 39.6 Å². The van der Waals surface area contributed by atoms with Gasteiger partial charge in [-0.2, -0.15) is 0 Å². The quantitative estimate of drug-likeness (QED) is 0.814. The standard InChI is InChI=1S/C11H22N2O3S/c1-11(2,3)16-10(14)13-6-4-5-9(7-13)8-17(12)15/h9H,4-8,12H2,1-3H3. The molecule has 17 heavy (non-hydrogen) atoms. The van der Waals surface area contributed by atoms with Crippen molar-refractivity contribution in [2.45, 2.75) is 39.2 Å². The van der Waals surface area contributed by atoms with E-state index in [1.165, 1.54) is 0 Å². The summed E-state index contributed by atoms with van der Waals surface area (Å²) in [4.78, 5) is 13.5. The van der Waals surface area contributed by atoms with E-state index in [9.17, 15) is 9.00 Å². The molecule has 1 saturated heterocycles. The maximum absolute atomic E-state index is 11.8. The van der Waals surface area contributed by atoms with E-state index in [-0.39, 0.29) is 12.0 Å². The summed E-state index contributed by atoms with van der Waals surface area (Å²) < 4.78 is 16.3. The number of nitrogens with two attached hydrogens (primary N) is 1. The van der Waals surface area contributed by atoms with Gasteiger partial charge < -0.3 is 9.64 Å². The Balaban J connectivity index is 2.49. The van der Waals surface area contributed by atoms with Crippen LogP contribution in [0.4, 0.5) is 4.79 Å². The van der Waals surface area contributed by atoms with E-state index in [2.05, 4.69) is 0 Å². The average molecular weight is 262 g/mol. The van der Waals surface area contributed by atoms with Gasteiger partial charge in [-0.1, -0.05) is 0 Å². The van der Waals surface area contributed by atoms with Crippen molar-refractivity contribution in [3.8, 4) is 0 Å². The van der Waals surface area contributed by atoms with Crippen molar-refractivity contribution in [1.29, 1.82) is 0 Å². The number of rotatable bonds is 2. The molecule has 0 aromatic carbocycles. The van der Waals surface area contributed by atoms with Crippen LogP contribution in [0.5, 0.6) is 0 Å². The highest BCUT2D eigenvalue weighted by Gasteiger charge is 2.27. The topological polar surface area (TPSA) is 72.6 Å². The Bertz CT molecular complexity index is 302. The molecule has 2 N–H and O–H groups in total. The van der Waals surface area contributed by atoms with Crippen molar-refractivity contribution in [2.24, 2.45) is 11.1 Å². The molecule has 0 bridgehead atoms. The number of piperidine rings is 1. The van der Waals surface area contributed by atoms with Crippen LogP contribution in [0.15, 0.2) is 0 Å². The lowest BCUT2D eigenvalue weighted by Crippen LogP contribution is -2.44. The van der Waals surface area contributed by atoms with Crippen LogP contribution in [0.25, 0.3) is 0 Å². The first-order valence-electron chi connectivity index (χ1n) is 5.88. The molecule has 0 radical (unpaired) electrons. The van der Waals surface area contributed by atoms with Crippen LogP contribution in [-0.2, 0) is 15.7 Å². The molecule has 0 spiro atoms. The normalized spacial score (nSPS) is 23.3. The molecule has 100 valence electrons. The first-order valence-corrected chi connectivity index (χ1v) is 7.27. The molecule has 0 saturated carbocycles. The molecule has 0 aromatic rings. The zero-order valence-corrected chi connectivity index (χ0v) is 11.6. The van der Waals surface area contributed by atoms with Crippen LogP contribution >= 0.6 is 0 Å². The lowest BCUT2D eigenvalue weighted by atomic mass is 10.0. The molecule has 0 aliphatic carbocycles. The average Bonchev–Trinajstić information content (AvgIpc) is 2.14. The highest BCUT2D eigenvalue weighted by atomic mass is 32.2. The summed E-state index contributed by atoms with van der Waals surface area (Å²) >= 11 is 0. The van der Waals surface area contributed by atoms with Crippen molar-refractivity contribution in [3.63, 3.8) is 0 Å². The van der Waals surface area contributed by atoms with Gasteiger partial charge in [0.05, 0.1) is 11.0 Å². The highest BCUT2D eigenvalue weighted by Crippen LogP contribution is 2.19. The molecule has 2 atom stereocenters. The van der Waals surface area contributed by atoms with Gasteiger partial charge in [-0.05, 0) is 39.5 Å². The minimum Gasteiger partial charge on any atom is -0.444 e. The molecule has 0 aromatic heterocycles.